The van der Waals surface area contributed by atoms with Crippen molar-refractivity contribution in [1.82, 2.24) is 14.9 Å². The number of hydrogen-bond donors (Lipinski definition) is 1. The molecule has 168 valence electrons. The van der Waals surface area contributed by atoms with Crippen LogP contribution in [0.4, 0.5) is 8.78 Å². The van der Waals surface area contributed by atoms with Gasteiger partial charge in [-0.15, -0.1) is 0 Å². The molecule has 2 aromatic heterocycles. The summed E-state index contributed by atoms with van der Waals surface area (Å²) in [6.07, 6.45) is 1.68. The van der Waals surface area contributed by atoms with Crippen LogP contribution in [-0.2, 0) is 17.8 Å². The molecule has 0 radical (unpaired) electrons. The maximum absolute atomic E-state index is 13.7. The molecule has 1 amide bonds. The van der Waals surface area contributed by atoms with Gasteiger partial charge in [-0.1, -0.05) is 18.2 Å². The van der Waals surface area contributed by atoms with Crippen molar-refractivity contribution in [3.63, 3.8) is 0 Å². The van der Waals surface area contributed by atoms with E-state index in [1.165, 1.54) is 22.8 Å². The van der Waals surface area contributed by atoms with Gasteiger partial charge in [0, 0.05) is 28.2 Å². The average Bonchev–Trinajstić information content (AvgIpc) is 2.76. The number of halogens is 3. The molecule has 2 aromatic carbocycles. The summed E-state index contributed by atoms with van der Waals surface area (Å²) in [6.45, 7) is 1.64. The molecule has 5 nitrogen and oxygen atoms in total. The molecule has 4 aromatic rings. The molecule has 0 bridgehead atoms. The minimum atomic E-state index is -0.701. The van der Waals surface area contributed by atoms with E-state index in [9.17, 15) is 18.4 Å². The second-order valence-corrected chi connectivity index (χ2v) is 8.60. The van der Waals surface area contributed by atoms with Gasteiger partial charge in [0.25, 0.3) is 5.56 Å². The van der Waals surface area contributed by atoms with Gasteiger partial charge < -0.3 is 5.32 Å². The smallest absolute Gasteiger partial charge is 0.251 e. The summed E-state index contributed by atoms with van der Waals surface area (Å²) in [4.78, 5) is 30.0. The van der Waals surface area contributed by atoms with Crippen molar-refractivity contribution in [3.8, 4) is 0 Å². The summed E-state index contributed by atoms with van der Waals surface area (Å²) in [7, 11) is 0. The van der Waals surface area contributed by atoms with Gasteiger partial charge >= 0.3 is 0 Å². The van der Waals surface area contributed by atoms with Crippen LogP contribution in [0, 0.1) is 18.6 Å². The normalized spacial score (nSPS) is 12.0. The lowest BCUT2D eigenvalue weighted by Crippen LogP contribution is -2.36. The van der Waals surface area contributed by atoms with Gasteiger partial charge in [-0.05, 0) is 70.7 Å². The zero-order valence-electron chi connectivity index (χ0n) is 17.7. The standard InChI is InChI=1S/C25H20BrF2N3O2/c1-15-9-24(33)31(22-7-3-2-5-19(15)22)14-23(32)30-21(25-20(26)6-4-8-29-25)12-16-10-17(27)13-18(28)11-16/h2-11,13,21H,12,14H2,1H3,(H,30,32). The fourth-order valence-corrected chi connectivity index (χ4v) is 4.41. The zero-order chi connectivity index (χ0) is 23.5. The molecular formula is C25H20BrF2N3O2. The van der Waals surface area contributed by atoms with Crippen LogP contribution in [0.1, 0.15) is 22.9 Å². The zero-order valence-corrected chi connectivity index (χ0v) is 19.3. The Labute approximate surface area is 197 Å². The number of hydrogen-bond acceptors (Lipinski definition) is 3. The van der Waals surface area contributed by atoms with E-state index in [0.717, 1.165) is 17.0 Å². The summed E-state index contributed by atoms with van der Waals surface area (Å²) in [5.74, 6) is -1.83. The summed E-state index contributed by atoms with van der Waals surface area (Å²) in [5.41, 5.74) is 2.07. The van der Waals surface area contributed by atoms with E-state index in [-0.39, 0.29) is 18.5 Å². The van der Waals surface area contributed by atoms with Crippen molar-refractivity contribution in [1.29, 1.82) is 0 Å². The SMILES string of the molecule is Cc1cc(=O)n(CC(=O)NC(Cc2cc(F)cc(F)c2)c2ncccc2Br)c2ccccc12. The van der Waals surface area contributed by atoms with E-state index < -0.39 is 23.6 Å². The molecule has 4 rings (SSSR count). The average molecular weight is 512 g/mol. The van der Waals surface area contributed by atoms with Crippen LogP contribution in [0.25, 0.3) is 10.9 Å². The maximum atomic E-state index is 13.7. The van der Waals surface area contributed by atoms with Crippen LogP contribution in [0.2, 0.25) is 0 Å². The highest BCUT2D eigenvalue weighted by molar-refractivity contribution is 9.10. The first-order valence-corrected chi connectivity index (χ1v) is 11.0. The van der Waals surface area contributed by atoms with Gasteiger partial charge in [-0.25, -0.2) is 8.78 Å². The predicted molar refractivity (Wildman–Crippen MR) is 126 cm³/mol. The first-order chi connectivity index (χ1) is 15.8. The molecule has 33 heavy (non-hydrogen) atoms. The second kappa shape index (κ2) is 9.62. The quantitative estimate of drug-likeness (QED) is 0.402. The van der Waals surface area contributed by atoms with Crippen molar-refractivity contribution in [3.05, 3.63) is 110 Å². The van der Waals surface area contributed by atoms with E-state index >= 15 is 0 Å². The van der Waals surface area contributed by atoms with Gasteiger partial charge in [0.05, 0.1) is 17.3 Å². The molecule has 1 unspecified atom stereocenters. The van der Waals surface area contributed by atoms with Crippen LogP contribution in [-0.4, -0.2) is 15.5 Å². The number of benzene rings is 2. The minimum absolute atomic E-state index is 0.111. The highest BCUT2D eigenvalue weighted by Crippen LogP contribution is 2.25. The summed E-state index contributed by atoms with van der Waals surface area (Å²) < 4.78 is 29.5. The largest absolute Gasteiger partial charge is 0.346 e. The van der Waals surface area contributed by atoms with E-state index in [1.54, 1.807) is 24.4 Å². The molecule has 1 atom stereocenters. The molecule has 0 spiro atoms. The van der Waals surface area contributed by atoms with E-state index in [2.05, 4.69) is 26.2 Å². The fraction of sp³-hybridized carbons (Fsp3) is 0.160. The first-order valence-electron chi connectivity index (χ1n) is 10.3. The van der Waals surface area contributed by atoms with Crippen molar-refractivity contribution in [2.45, 2.75) is 25.9 Å². The molecule has 0 fully saturated rings. The summed E-state index contributed by atoms with van der Waals surface area (Å²) in [5, 5.41) is 3.76. The second-order valence-electron chi connectivity index (χ2n) is 7.74. The molecule has 0 saturated carbocycles. The molecule has 1 N–H and O–H groups in total. The lowest BCUT2D eigenvalue weighted by Gasteiger charge is -2.21. The molecule has 0 aliphatic heterocycles. The Morgan fingerprint density at radius 2 is 1.82 bits per heavy atom. The Hall–Kier alpha value is -3.39. The van der Waals surface area contributed by atoms with Crippen molar-refractivity contribution in [2.24, 2.45) is 0 Å². The lowest BCUT2D eigenvalue weighted by atomic mass is 10.0. The molecular weight excluding hydrogens is 492 g/mol. The lowest BCUT2D eigenvalue weighted by molar-refractivity contribution is -0.122. The number of nitrogens with zero attached hydrogens (tertiary/aromatic N) is 2. The van der Waals surface area contributed by atoms with Crippen LogP contribution in [0.5, 0.6) is 0 Å². The van der Waals surface area contributed by atoms with Gasteiger partial charge in [0.1, 0.15) is 18.2 Å². The fourth-order valence-electron chi connectivity index (χ4n) is 3.88. The number of carbonyl (C=O) groups excluding carboxylic acids is 1. The third kappa shape index (κ3) is 5.17. The Morgan fingerprint density at radius 3 is 2.55 bits per heavy atom. The predicted octanol–water partition coefficient (Wildman–Crippen LogP) is 4.85. The Balaban J connectivity index is 1.66. The number of para-hydroxylation sites is 1. The Kier molecular flexibility index (Phi) is 6.65. The van der Waals surface area contributed by atoms with Gasteiger partial charge in [-0.2, -0.15) is 0 Å². The molecule has 2 heterocycles. The monoisotopic (exact) mass is 511 g/mol. The molecule has 0 saturated heterocycles. The number of nitrogens with one attached hydrogen (secondary N) is 1. The topological polar surface area (TPSA) is 64.0 Å². The van der Waals surface area contributed by atoms with Crippen LogP contribution < -0.4 is 10.9 Å². The van der Waals surface area contributed by atoms with Gasteiger partial charge in [0.15, 0.2) is 0 Å². The molecule has 8 heteroatoms. The minimum Gasteiger partial charge on any atom is -0.346 e. The van der Waals surface area contributed by atoms with Crippen LogP contribution >= 0.6 is 15.9 Å². The highest BCUT2D eigenvalue weighted by Gasteiger charge is 2.21. The number of aryl methyl sites for hydroxylation is 1. The number of pyridine rings is 2. The Morgan fingerprint density at radius 1 is 1.09 bits per heavy atom. The number of aromatic nitrogens is 2. The highest BCUT2D eigenvalue weighted by atomic mass is 79.9. The number of amides is 1. The van der Waals surface area contributed by atoms with Crippen molar-refractivity contribution < 1.29 is 13.6 Å². The van der Waals surface area contributed by atoms with E-state index in [0.29, 0.717) is 21.2 Å². The first kappa shape index (κ1) is 22.8. The van der Waals surface area contributed by atoms with E-state index in [1.807, 2.05) is 25.1 Å². The number of fused-ring (bicyclic) bond motifs is 1. The van der Waals surface area contributed by atoms with Crippen LogP contribution in [0.3, 0.4) is 0 Å². The number of rotatable bonds is 6. The van der Waals surface area contributed by atoms with Gasteiger partial charge in [-0.3, -0.25) is 19.1 Å². The number of carbonyl (C=O) groups is 1. The third-order valence-electron chi connectivity index (χ3n) is 5.34. The third-order valence-corrected chi connectivity index (χ3v) is 6.01. The van der Waals surface area contributed by atoms with Crippen LogP contribution in [0.15, 0.2) is 76.1 Å². The Bertz CT molecular complexity index is 1380. The van der Waals surface area contributed by atoms with Crippen molar-refractivity contribution >= 4 is 32.7 Å². The molecule has 0 aliphatic carbocycles. The van der Waals surface area contributed by atoms with Gasteiger partial charge in [0.2, 0.25) is 5.91 Å². The summed E-state index contributed by atoms with van der Waals surface area (Å²) >= 11 is 3.43. The van der Waals surface area contributed by atoms with E-state index in [4.69, 9.17) is 0 Å². The van der Waals surface area contributed by atoms with Crippen molar-refractivity contribution in [2.75, 3.05) is 0 Å². The maximum Gasteiger partial charge on any atom is 0.251 e. The summed E-state index contributed by atoms with van der Waals surface area (Å²) in [6, 6.07) is 14.9. The molecule has 0 aliphatic rings.